The highest BCUT2D eigenvalue weighted by atomic mass is 16.8. The molecule has 1 heterocycles. The van der Waals surface area contributed by atoms with Crippen molar-refractivity contribution in [1.82, 2.24) is 0 Å². The minimum atomic E-state index is -0.988. The fourth-order valence-electron chi connectivity index (χ4n) is 4.87. The Kier molecular flexibility index (Phi) is 5.90. The molecule has 0 spiro atoms. The number of rotatable bonds is 6. The largest absolute Gasteiger partial charge is 0.641 e. The van der Waals surface area contributed by atoms with Gasteiger partial charge >= 0.3 is 7.32 Å². The van der Waals surface area contributed by atoms with Gasteiger partial charge in [0, 0.05) is 6.10 Å². The monoisotopic (exact) mass is 434 g/mol. The van der Waals surface area contributed by atoms with Crippen molar-refractivity contribution in [2.24, 2.45) is 0 Å². The van der Waals surface area contributed by atoms with Crippen molar-refractivity contribution < 1.29 is 14.0 Å². The first-order valence-electron chi connectivity index (χ1n) is 11.4. The van der Waals surface area contributed by atoms with Crippen molar-refractivity contribution in [1.29, 1.82) is 0 Å². The zero-order valence-electron chi connectivity index (χ0n) is 18.9. The van der Waals surface area contributed by atoms with Gasteiger partial charge in [0.2, 0.25) is 0 Å². The molecule has 33 heavy (non-hydrogen) atoms. The van der Waals surface area contributed by atoms with Gasteiger partial charge in [0.15, 0.2) is 0 Å². The van der Waals surface area contributed by atoms with E-state index in [1.807, 2.05) is 86.6 Å². The molecule has 0 unspecified atom stereocenters. The molecule has 1 saturated heterocycles. The third-order valence-electron chi connectivity index (χ3n) is 6.15. The molecule has 164 valence electrons. The number of benzene rings is 4. The molecular weight excluding hydrogens is 407 g/mol. The molecule has 0 aromatic heterocycles. The van der Waals surface area contributed by atoms with Crippen molar-refractivity contribution in [2.75, 3.05) is 0 Å². The van der Waals surface area contributed by atoms with Crippen LogP contribution in [0.1, 0.15) is 36.1 Å². The van der Waals surface area contributed by atoms with Crippen LogP contribution in [-0.4, -0.2) is 13.4 Å². The lowest BCUT2D eigenvalue weighted by atomic mass is 9.66. The van der Waals surface area contributed by atoms with Crippen molar-refractivity contribution in [3.05, 3.63) is 144 Å². The minimum absolute atomic E-state index is 0.0680. The van der Waals surface area contributed by atoms with Crippen LogP contribution in [0.4, 0.5) is 0 Å². The highest BCUT2D eigenvalue weighted by molar-refractivity contribution is 6.38. The first-order chi connectivity index (χ1) is 16.2. The van der Waals surface area contributed by atoms with Crippen LogP contribution in [0, 0.1) is 0 Å². The van der Waals surface area contributed by atoms with Crippen LogP contribution in [0.3, 0.4) is 0 Å². The highest BCUT2D eigenvalue weighted by Crippen LogP contribution is 2.58. The van der Waals surface area contributed by atoms with Gasteiger partial charge in [-0.25, -0.2) is 0 Å². The molecule has 1 fully saturated rings. The van der Waals surface area contributed by atoms with Gasteiger partial charge in [-0.3, -0.25) is 0 Å². The Balaban J connectivity index is 1.90. The van der Waals surface area contributed by atoms with Crippen LogP contribution in [0.5, 0.6) is 0 Å². The predicted octanol–water partition coefficient (Wildman–Crippen LogP) is 6.33. The van der Waals surface area contributed by atoms with Gasteiger partial charge in [-0.1, -0.05) is 121 Å². The van der Waals surface area contributed by atoms with Crippen molar-refractivity contribution in [3.8, 4) is 0 Å². The Morgan fingerprint density at radius 3 is 1.03 bits per heavy atom. The molecule has 5 rings (SSSR count). The second-order valence-corrected chi connectivity index (χ2v) is 8.54. The van der Waals surface area contributed by atoms with Gasteiger partial charge in [-0.05, 0) is 36.1 Å². The summed E-state index contributed by atoms with van der Waals surface area (Å²) in [5, 5.41) is 0. The molecule has 3 nitrogen and oxygen atoms in total. The zero-order valence-corrected chi connectivity index (χ0v) is 18.9. The molecule has 4 heteroatoms. The van der Waals surface area contributed by atoms with E-state index in [0.717, 1.165) is 22.3 Å². The fraction of sp³-hybridized carbons (Fsp3) is 0.172. The standard InChI is InChI=1S/C29H27BO3/c1-23(2)31-30-32-28(24-15-7-3-8-16-24,25-17-9-4-10-18-25)29(33-30,26-19-11-5-12-20-26)27-21-13-6-14-22-27/h3-23H,1-2H3. The summed E-state index contributed by atoms with van der Waals surface area (Å²) in [6.07, 6.45) is -0.0680. The summed E-state index contributed by atoms with van der Waals surface area (Å²) in [6, 6.07) is 41.3. The maximum absolute atomic E-state index is 6.91. The van der Waals surface area contributed by atoms with E-state index < -0.39 is 18.5 Å². The molecule has 1 aliphatic heterocycles. The summed E-state index contributed by atoms with van der Waals surface area (Å²) in [5.41, 5.74) is 2.02. The lowest BCUT2D eigenvalue weighted by Gasteiger charge is -2.45. The quantitative estimate of drug-likeness (QED) is 0.332. The van der Waals surface area contributed by atoms with Gasteiger partial charge in [0.1, 0.15) is 11.2 Å². The minimum Gasteiger partial charge on any atom is -0.384 e. The molecule has 1 aliphatic rings. The van der Waals surface area contributed by atoms with Gasteiger partial charge in [0.05, 0.1) is 0 Å². The van der Waals surface area contributed by atoms with E-state index in [0.29, 0.717) is 0 Å². The first kappa shape index (κ1) is 21.7. The summed E-state index contributed by atoms with van der Waals surface area (Å²) < 4.78 is 20.0. The van der Waals surface area contributed by atoms with Gasteiger partial charge in [-0.15, -0.1) is 0 Å². The van der Waals surface area contributed by atoms with Gasteiger partial charge in [-0.2, -0.15) is 0 Å². The van der Waals surface area contributed by atoms with Crippen LogP contribution in [0.15, 0.2) is 121 Å². The van der Waals surface area contributed by atoms with Gasteiger partial charge in [0.25, 0.3) is 0 Å². The summed E-state index contributed by atoms with van der Waals surface area (Å²) >= 11 is 0. The molecular formula is C29H27BO3. The topological polar surface area (TPSA) is 27.7 Å². The third-order valence-corrected chi connectivity index (χ3v) is 6.15. The maximum atomic E-state index is 6.91. The predicted molar refractivity (Wildman–Crippen MR) is 131 cm³/mol. The summed E-state index contributed by atoms with van der Waals surface area (Å²) in [6.45, 7) is 3.98. The molecule has 0 aliphatic carbocycles. The van der Waals surface area contributed by atoms with E-state index in [-0.39, 0.29) is 6.10 Å². The Labute approximate surface area is 196 Å². The number of hydrogen-bond acceptors (Lipinski definition) is 3. The van der Waals surface area contributed by atoms with E-state index in [9.17, 15) is 0 Å². The van der Waals surface area contributed by atoms with Crippen LogP contribution in [0.25, 0.3) is 0 Å². The lowest BCUT2D eigenvalue weighted by Crippen LogP contribution is -2.48. The van der Waals surface area contributed by atoms with E-state index in [2.05, 4.69) is 48.5 Å². The Morgan fingerprint density at radius 1 is 0.515 bits per heavy atom. The molecule has 0 amide bonds. The fourth-order valence-corrected chi connectivity index (χ4v) is 4.87. The Hall–Kier alpha value is -3.18. The van der Waals surface area contributed by atoms with Crippen LogP contribution < -0.4 is 0 Å². The van der Waals surface area contributed by atoms with Crippen molar-refractivity contribution in [3.63, 3.8) is 0 Å². The average molecular weight is 434 g/mol. The van der Waals surface area contributed by atoms with Crippen LogP contribution in [-0.2, 0) is 25.2 Å². The highest BCUT2D eigenvalue weighted by Gasteiger charge is 2.66. The van der Waals surface area contributed by atoms with Crippen molar-refractivity contribution >= 4 is 7.32 Å². The van der Waals surface area contributed by atoms with Crippen LogP contribution in [0.2, 0.25) is 0 Å². The summed E-state index contributed by atoms with van der Waals surface area (Å²) in [7, 11) is -0.856. The lowest BCUT2D eigenvalue weighted by molar-refractivity contribution is 0.00370. The van der Waals surface area contributed by atoms with Crippen LogP contribution >= 0.6 is 0 Å². The normalized spacial score (nSPS) is 16.8. The molecule has 4 aromatic rings. The number of hydrogen-bond donors (Lipinski definition) is 0. The van der Waals surface area contributed by atoms with Crippen molar-refractivity contribution in [2.45, 2.75) is 31.2 Å². The summed E-state index contributed by atoms with van der Waals surface area (Å²) in [5.74, 6) is 0. The van der Waals surface area contributed by atoms with E-state index >= 15 is 0 Å². The second kappa shape index (κ2) is 8.99. The zero-order chi connectivity index (χ0) is 22.7. The Bertz CT molecular complexity index is 995. The molecule has 0 radical (unpaired) electrons. The molecule has 0 saturated carbocycles. The summed E-state index contributed by atoms with van der Waals surface area (Å²) in [4.78, 5) is 0. The SMILES string of the molecule is CC(C)OB1OC(c2ccccc2)(c2ccccc2)C(c2ccccc2)(c2ccccc2)O1. The van der Waals surface area contributed by atoms with E-state index in [4.69, 9.17) is 14.0 Å². The molecule has 0 atom stereocenters. The molecule has 4 aromatic carbocycles. The average Bonchev–Trinajstić information content (AvgIpc) is 3.22. The Morgan fingerprint density at radius 2 is 0.788 bits per heavy atom. The first-order valence-corrected chi connectivity index (χ1v) is 11.4. The molecule has 0 bridgehead atoms. The van der Waals surface area contributed by atoms with E-state index in [1.54, 1.807) is 0 Å². The third kappa shape index (κ3) is 3.61. The second-order valence-electron chi connectivity index (χ2n) is 8.54. The smallest absolute Gasteiger partial charge is 0.384 e. The maximum Gasteiger partial charge on any atom is 0.641 e. The van der Waals surface area contributed by atoms with Gasteiger partial charge < -0.3 is 14.0 Å². The van der Waals surface area contributed by atoms with E-state index in [1.165, 1.54) is 0 Å². The molecule has 0 N–H and O–H groups in total.